The summed E-state index contributed by atoms with van der Waals surface area (Å²) in [5, 5.41) is 16.5. The highest BCUT2D eigenvalue weighted by Gasteiger charge is 2.31. The smallest absolute Gasteiger partial charge is 0.0774 e. The molecule has 1 aliphatic rings. The molecule has 1 aromatic carbocycles. The number of fused-ring (bicyclic) bond motifs is 1. The van der Waals surface area contributed by atoms with Crippen LogP contribution in [-0.2, 0) is 6.54 Å². The summed E-state index contributed by atoms with van der Waals surface area (Å²) < 4.78 is 0. The van der Waals surface area contributed by atoms with Gasteiger partial charge < -0.3 is 10.4 Å². The topological polar surface area (TPSA) is 45.1 Å². The first kappa shape index (κ1) is 14.5. The summed E-state index contributed by atoms with van der Waals surface area (Å²) in [4.78, 5) is 4.17. The van der Waals surface area contributed by atoms with E-state index in [0.29, 0.717) is 12.5 Å². The van der Waals surface area contributed by atoms with E-state index in [1.807, 2.05) is 12.4 Å². The molecule has 3 heteroatoms. The average Bonchev–Trinajstić information content (AvgIpc) is 2.47. The van der Waals surface area contributed by atoms with Crippen molar-refractivity contribution in [1.82, 2.24) is 10.3 Å². The molecule has 2 aromatic rings. The summed E-state index contributed by atoms with van der Waals surface area (Å²) in [5.74, 6) is 0.633. The summed E-state index contributed by atoms with van der Waals surface area (Å²) in [5.41, 5.74) is 0.742. The predicted molar refractivity (Wildman–Crippen MR) is 86.0 cm³/mol. The van der Waals surface area contributed by atoms with Gasteiger partial charge in [-0.3, -0.25) is 4.98 Å². The zero-order valence-electron chi connectivity index (χ0n) is 12.7. The van der Waals surface area contributed by atoms with Gasteiger partial charge in [-0.05, 0) is 35.8 Å². The van der Waals surface area contributed by atoms with Gasteiger partial charge in [-0.2, -0.15) is 0 Å². The van der Waals surface area contributed by atoms with Gasteiger partial charge in [-0.1, -0.05) is 38.0 Å². The molecule has 2 unspecified atom stereocenters. The molecule has 112 valence electrons. The Hall–Kier alpha value is -1.45. The molecule has 0 spiro atoms. The number of hydrogen-bond acceptors (Lipinski definition) is 3. The van der Waals surface area contributed by atoms with Gasteiger partial charge >= 0.3 is 0 Å². The van der Waals surface area contributed by atoms with Crippen molar-refractivity contribution in [3.8, 4) is 0 Å². The standard InChI is InChI=1S/C18H24N2O/c1-14-4-3-8-18(21,10-14)13-20-12-16-6-2-5-15-11-19-9-7-17(15)16/h2,5-7,9,11,14,20-21H,3-4,8,10,12-13H2,1H3. The SMILES string of the molecule is CC1CCCC(O)(CNCc2cccc3cnccc23)C1. The van der Waals surface area contributed by atoms with E-state index in [0.717, 1.165) is 25.8 Å². The third-order valence-electron chi connectivity index (χ3n) is 4.61. The molecule has 3 rings (SSSR count). The Kier molecular flexibility index (Phi) is 4.22. The Bertz CT molecular complexity index is 608. The molecule has 1 aliphatic carbocycles. The van der Waals surface area contributed by atoms with E-state index >= 15 is 0 Å². The van der Waals surface area contributed by atoms with Crippen LogP contribution in [0.2, 0.25) is 0 Å². The number of aliphatic hydroxyl groups is 1. The van der Waals surface area contributed by atoms with Crippen LogP contribution in [0.25, 0.3) is 10.8 Å². The minimum absolute atomic E-state index is 0.524. The Labute approximate surface area is 126 Å². The number of aromatic nitrogens is 1. The van der Waals surface area contributed by atoms with Gasteiger partial charge in [0.15, 0.2) is 0 Å². The van der Waals surface area contributed by atoms with Crippen LogP contribution in [0.5, 0.6) is 0 Å². The molecule has 0 bridgehead atoms. The third kappa shape index (κ3) is 3.42. The Balaban J connectivity index is 1.64. The number of nitrogens with zero attached hydrogens (tertiary/aromatic N) is 1. The maximum atomic E-state index is 10.7. The van der Waals surface area contributed by atoms with Gasteiger partial charge in [0.1, 0.15) is 0 Å². The quantitative estimate of drug-likeness (QED) is 0.905. The number of rotatable bonds is 4. The lowest BCUT2D eigenvalue weighted by atomic mass is 9.79. The third-order valence-corrected chi connectivity index (χ3v) is 4.61. The highest BCUT2D eigenvalue weighted by atomic mass is 16.3. The Morgan fingerprint density at radius 1 is 1.38 bits per heavy atom. The maximum absolute atomic E-state index is 10.7. The van der Waals surface area contributed by atoms with E-state index in [1.165, 1.54) is 22.8 Å². The van der Waals surface area contributed by atoms with Crippen molar-refractivity contribution < 1.29 is 5.11 Å². The van der Waals surface area contributed by atoms with Crippen molar-refractivity contribution >= 4 is 10.8 Å². The van der Waals surface area contributed by atoms with Crippen LogP contribution in [0.4, 0.5) is 0 Å². The molecule has 0 aliphatic heterocycles. The minimum atomic E-state index is -0.524. The van der Waals surface area contributed by atoms with Crippen LogP contribution in [0.1, 0.15) is 38.2 Å². The molecule has 1 heterocycles. The highest BCUT2D eigenvalue weighted by molar-refractivity contribution is 5.84. The van der Waals surface area contributed by atoms with Crippen LogP contribution >= 0.6 is 0 Å². The lowest BCUT2D eigenvalue weighted by Crippen LogP contribution is -2.43. The lowest BCUT2D eigenvalue weighted by molar-refractivity contribution is -0.0119. The molecule has 2 N–H and O–H groups in total. The maximum Gasteiger partial charge on any atom is 0.0774 e. The first-order valence-electron chi connectivity index (χ1n) is 7.91. The summed E-state index contributed by atoms with van der Waals surface area (Å²) in [6.45, 7) is 3.71. The molecular weight excluding hydrogens is 260 g/mol. The number of pyridine rings is 1. The van der Waals surface area contributed by atoms with Gasteiger partial charge in [0, 0.05) is 30.9 Å². The van der Waals surface area contributed by atoms with Crippen molar-refractivity contribution in [2.24, 2.45) is 5.92 Å². The summed E-state index contributed by atoms with van der Waals surface area (Å²) in [7, 11) is 0. The molecule has 0 saturated heterocycles. The largest absolute Gasteiger partial charge is 0.389 e. The number of nitrogens with one attached hydrogen (secondary N) is 1. The lowest BCUT2D eigenvalue weighted by Gasteiger charge is -2.35. The second kappa shape index (κ2) is 6.12. The molecule has 3 nitrogen and oxygen atoms in total. The zero-order chi connectivity index (χ0) is 14.7. The predicted octanol–water partition coefficient (Wildman–Crippen LogP) is 3.27. The van der Waals surface area contributed by atoms with Crippen molar-refractivity contribution in [3.63, 3.8) is 0 Å². The minimum Gasteiger partial charge on any atom is -0.389 e. The fourth-order valence-corrected chi connectivity index (χ4v) is 3.57. The number of hydrogen-bond donors (Lipinski definition) is 2. The molecule has 1 saturated carbocycles. The average molecular weight is 284 g/mol. The van der Waals surface area contributed by atoms with Gasteiger partial charge in [0.2, 0.25) is 0 Å². The summed E-state index contributed by atoms with van der Waals surface area (Å²) >= 11 is 0. The van der Waals surface area contributed by atoms with Crippen LogP contribution in [-0.4, -0.2) is 22.2 Å². The Morgan fingerprint density at radius 2 is 2.29 bits per heavy atom. The van der Waals surface area contributed by atoms with Crippen LogP contribution in [0, 0.1) is 5.92 Å². The van der Waals surface area contributed by atoms with E-state index in [2.05, 4.69) is 41.5 Å². The highest BCUT2D eigenvalue weighted by Crippen LogP contribution is 2.31. The van der Waals surface area contributed by atoms with E-state index in [1.54, 1.807) is 0 Å². The van der Waals surface area contributed by atoms with Crippen molar-refractivity contribution in [3.05, 3.63) is 42.2 Å². The van der Waals surface area contributed by atoms with Crippen LogP contribution < -0.4 is 5.32 Å². The van der Waals surface area contributed by atoms with Crippen LogP contribution in [0.15, 0.2) is 36.7 Å². The zero-order valence-corrected chi connectivity index (χ0v) is 12.7. The molecule has 0 radical (unpaired) electrons. The van der Waals surface area contributed by atoms with E-state index < -0.39 is 5.60 Å². The number of benzene rings is 1. The fraction of sp³-hybridized carbons (Fsp3) is 0.500. The van der Waals surface area contributed by atoms with Gasteiger partial charge in [-0.15, -0.1) is 0 Å². The van der Waals surface area contributed by atoms with Crippen molar-refractivity contribution in [2.45, 2.75) is 44.8 Å². The van der Waals surface area contributed by atoms with E-state index in [4.69, 9.17) is 0 Å². The monoisotopic (exact) mass is 284 g/mol. The molecule has 0 amide bonds. The molecule has 1 fully saturated rings. The molecular formula is C18H24N2O. The fourth-order valence-electron chi connectivity index (χ4n) is 3.57. The van der Waals surface area contributed by atoms with Gasteiger partial charge in [0.05, 0.1) is 5.60 Å². The van der Waals surface area contributed by atoms with Crippen LogP contribution in [0.3, 0.4) is 0 Å². The molecule has 2 atom stereocenters. The second-order valence-electron chi connectivity index (χ2n) is 6.54. The van der Waals surface area contributed by atoms with Gasteiger partial charge in [0.25, 0.3) is 0 Å². The van der Waals surface area contributed by atoms with E-state index in [9.17, 15) is 5.11 Å². The summed E-state index contributed by atoms with van der Waals surface area (Å²) in [6, 6.07) is 8.35. The Morgan fingerprint density at radius 3 is 3.14 bits per heavy atom. The van der Waals surface area contributed by atoms with Crippen molar-refractivity contribution in [2.75, 3.05) is 6.54 Å². The van der Waals surface area contributed by atoms with Crippen molar-refractivity contribution in [1.29, 1.82) is 0 Å². The second-order valence-corrected chi connectivity index (χ2v) is 6.54. The van der Waals surface area contributed by atoms with Gasteiger partial charge in [-0.25, -0.2) is 0 Å². The first-order valence-corrected chi connectivity index (χ1v) is 7.91. The first-order chi connectivity index (χ1) is 10.2. The normalized spacial score (nSPS) is 26.1. The molecule has 21 heavy (non-hydrogen) atoms. The molecule has 1 aromatic heterocycles. The summed E-state index contributed by atoms with van der Waals surface area (Å²) in [6.07, 6.45) is 7.96. The van der Waals surface area contributed by atoms with E-state index in [-0.39, 0.29) is 0 Å².